The lowest BCUT2D eigenvalue weighted by Crippen LogP contribution is -2.41. The number of rotatable bonds is 8. The molecule has 2 amide bonds. The van der Waals surface area contributed by atoms with Crippen LogP contribution in [0.5, 0.6) is 0 Å². The molecule has 152 valence electrons. The number of hydrogen-bond donors (Lipinski definition) is 3. The summed E-state index contributed by atoms with van der Waals surface area (Å²) >= 11 is 5.99. The summed E-state index contributed by atoms with van der Waals surface area (Å²) in [5.74, 6) is 1.53. The Hall–Kier alpha value is -2.28. The van der Waals surface area contributed by atoms with E-state index in [1.54, 1.807) is 24.3 Å². The highest BCUT2D eigenvalue weighted by atomic mass is 35.5. The third kappa shape index (κ3) is 5.38. The number of fused-ring (bicyclic) bond motifs is 2. The van der Waals surface area contributed by atoms with Crippen LogP contribution in [0.15, 0.2) is 29.4 Å². The molecule has 4 atom stereocenters. The molecule has 1 aromatic carbocycles. The highest BCUT2D eigenvalue weighted by Crippen LogP contribution is 2.49. The topological polar surface area (TPSA) is 106 Å². The number of nitrogens with zero attached hydrogens (tertiary/aromatic N) is 1. The monoisotopic (exact) mass is 406 g/mol. The smallest absolute Gasteiger partial charge is 0.260 e. The van der Waals surface area contributed by atoms with Crippen LogP contribution in [0.2, 0.25) is 5.02 Å². The highest BCUT2D eigenvalue weighted by Gasteiger charge is 2.42. The van der Waals surface area contributed by atoms with Crippen molar-refractivity contribution in [1.29, 1.82) is 0 Å². The van der Waals surface area contributed by atoms with Crippen LogP contribution in [0, 0.1) is 17.8 Å². The summed E-state index contributed by atoms with van der Waals surface area (Å²) in [7, 11) is 0. The molecule has 0 radical (unpaired) electrons. The third-order valence-electron chi connectivity index (χ3n) is 5.69. The van der Waals surface area contributed by atoms with E-state index in [4.69, 9.17) is 22.2 Å². The molecule has 2 aliphatic rings. The number of carbonyl (C=O) groups is 2. The first-order valence-electron chi connectivity index (χ1n) is 9.70. The van der Waals surface area contributed by atoms with Crippen molar-refractivity contribution in [2.45, 2.75) is 45.1 Å². The van der Waals surface area contributed by atoms with Crippen molar-refractivity contribution in [3.8, 4) is 0 Å². The predicted octanol–water partition coefficient (Wildman–Crippen LogP) is 2.90. The molecule has 0 saturated heterocycles. The minimum absolute atomic E-state index is 0.0153. The normalized spacial score (nSPS) is 24.6. The number of para-hydroxylation sites is 1. The molecule has 4 N–H and O–H groups in total. The van der Waals surface area contributed by atoms with Crippen LogP contribution < -0.4 is 16.4 Å². The highest BCUT2D eigenvalue weighted by molar-refractivity contribution is 6.33. The molecule has 3 rings (SSSR count). The third-order valence-corrected chi connectivity index (χ3v) is 6.02. The van der Waals surface area contributed by atoms with Gasteiger partial charge in [-0.15, -0.1) is 0 Å². The Balaban J connectivity index is 1.37. The number of hydrogen-bond acceptors (Lipinski definition) is 4. The number of amides is 2. The van der Waals surface area contributed by atoms with Crippen LogP contribution in [-0.2, 0) is 14.4 Å². The van der Waals surface area contributed by atoms with Crippen molar-refractivity contribution >= 4 is 34.9 Å². The maximum absolute atomic E-state index is 12.1. The lowest BCUT2D eigenvalue weighted by Gasteiger charge is -2.28. The summed E-state index contributed by atoms with van der Waals surface area (Å²) in [6.45, 7) is 1.83. The van der Waals surface area contributed by atoms with Crippen LogP contribution in [0.4, 0.5) is 5.69 Å². The molecule has 2 aliphatic carbocycles. The average molecular weight is 407 g/mol. The van der Waals surface area contributed by atoms with Crippen LogP contribution in [0.1, 0.15) is 39.0 Å². The fourth-order valence-corrected chi connectivity index (χ4v) is 4.62. The number of oxime groups is 1. The molecule has 2 bridgehead atoms. The Labute approximate surface area is 170 Å². The number of nitrogens with one attached hydrogen (secondary N) is 2. The van der Waals surface area contributed by atoms with Crippen molar-refractivity contribution in [2.24, 2.45) is 28.6 Å². The van der Waals surface area contributed by atoms with Gasteiger partial charge in [0.15, 0.2) is 6.61 Å². The molecule has 2 fully saturated rings. The second kappa shape index (κ2) is 9.28. The van der Waals surface area contributed by atoms with Gasteiger partial charge in [-0.25, -0.2) is 0 Å². The van der Waals surface area contributed by atoms with Gasteiger partial charge in [-0.05, 0) is 56.1 Å². The van der Waals surface area contributed by atoms with Gasteiger partial charge in [0.1, 0.15) is 5.84 Å². The van der Waals surface area contributed by atoms with E-state index in [9.17, 15) is 9.59 Å². The molecular formula is C20H27ClN4O3. The fraction of sp³-hybridized carbons (Fsp3) is 0.550. The Kier molecular flexibility index (Phi) is 6.78. The van der Waals surface area contributed by atoms with E-state index >= 15 is 0 Å². The summed E-state index contributed by atoms with van der Waals surface area (Å²) in [5.41, 5.74) is 6.19. The maximum Gasteiger partial charge on any atom is 0.260 e. The molecule has 2 saturated carbocycles. The minimum Gasteiger partial charge on any atom is -0.384 e. The average Bonchev–Trinajstić information content (AvgIpc) is 3.27. The van der Waals surface area contributed by atoms with E-state index in [1.165, 1.54) is 25.7 Å². The van der Waals surface area contributed by atoms with E-state index in [2.05, 4.69) is 22.7 Å². The molecule has 4 unspecified atom stereocenters. The Morgan fingerprint density at radius 1 is 1.29 bits per heavy atom. The summed E-state index contributed by atoms with van der Waals surface area (Å²) < 4.78 is 0. The van der Waals surface area contributed by atoms with Crippen molar-refractivity contribution in [3.05, 3.63) is 29.3 Å². The molecule has 8 heteroatoms. The van der Waals surface area contributed by atoms with Crippen LogP contribution in [0.3, 0.4) is 0 Å². The van der Waals surface area contributed by atoms with Crippen molar-refractivity contribution in [2.75, 3.05) is 11.9 Å². The van der Waals surface area contributed by atoms with Crippen LogP contribution in [-0.4, -0.2) is 30.3 Å². The molecule has 0 spiro atoms. The quantitative estimate of drug-likeness (QED) is 0.350. The second-order valence-corrected chi connectivity index (χ2v) is 8.16. The molecule has 7 nitrogen and oxygen atoms in total. The summed E-state index contributed by atoms with van der Waals surface area (Å²) in [4.78, 5) is 29.0. The fourth-order valence-electron chi connectivity index (χ4n) is 4.44. The minimum atomic E-state index is -0.368. The molecule has 0 heterocycles. The number of carbonyl (C=O) groups excluding carboxylic acids is 2. The van der Waals surface area contributed by atoms with Gasteiger partial charge in [0, 0.05) is 6.04 Å². The Morgan fingerprint density at radius 3 is 2.75 bits per heavy atom. The van der Waals surface area contributed by atoms with Gasteiger partial charge in [-0.3, -0.25) is 9.59 Å². The Bertz CT molecular complexity index is 755. The molecule has 1 aromatic rings. The first-order valence-corrected chi connectivity index (χ1v) is 10.1. The molecular weight excluding hydrogens is 380 g/mol. The summed E-state index contributed by atoms with van der Waals surface area (Å²) in [5, 5.41) is 9.72. The van der Waals surface area contributed by atoms with E-state index in [-0.39, 0.29) is 36.7 Å². The molecule has 0 aliphatic heterocycles. The van der Waals surface area contributed by atoms with Gasteiger partial charge in [0.2, 0.25) is 5.91 Å². The summed E-state index contributed by atoms with van der Waals surface area (Å²) in [6, 6.07) is 7.03. The molecule has 0 aromatic heterocycles. The van der Waals surface area contributed by atoms with Gasteiger partial charge in [0.05, 0.1) is 17.1 Å². The number of benzene rings is 1. The summed E-state index contributed by atoms with van der Waals surface area (Å²) in [6.07, 6.45) is 4.97. The van der Waals surface area contributed by atoms with Gasteiger partial charge in [0.25, 0.3) is 5.91 Å². The number of amidine groups is 1. The second-order valence-electron chi connectivity index (χ2n) is 7.76. The largest absolute Gasteiger partial charge is 0.384 e. The first kappa shape index (κ1) is 20.5. The zero-order chi connectivity index (χ0) is 20.1. The molecule has 28 heavy (non-hydrogen) atoms. The van der Waals surface area contributed by atoms with Crippen LogP contribution >= 0.6 is 11.6 Å². The van der Waals surface area contributed by atoms with Crippen molar-refractivity contribution in [3.63, 3.8) is 0 Å². The van der Waals surface area contributed by atoms with E-state index in [0.29, 0.717) is 16.6 Å². The van der Waals surface area contributed by atoms with E-state index in [1.807, 2.05) is 0 Å². The zero-order valence-electron chi connectivity index (χ0n) is 16.0. The lowest BCUT2D eigenvalue weighted by atomic mass is 9.84. The Morgan fingerprint density at radius 2 is 2.07 bits per heavy atom. The van der Waals surface area contributed by atoms with E-state index < -0.39 is 0 Å². The zero-order valence-corrected chi connectivity index (χ0v) is 16.7. The number of nitrogens with two attached hydrogens (primary N) is 1. The standard InChI is InChI=1S/C20H27ClN4O3/c1-12(15-9-13-6-7-14(15)8-13)23-20(27)11-28-25-18(22)10-19(26)24-17-5-3-2-4-16(17)21/h2-5,12-15H,6-11H2,1H3,(H2,22,25)(H,23,27)(H,24,26). The van der Waals surface area contributed by atoms with E-state index in [0.717, 1.165) is 11.8 Å². The van der Waals surface area contributed by atoms with Crippen molar-refractivity contribution in [1.82, 2.24) is 5.32 Å². The van der Waals surface area contributed by atoms with Gasteiger partial charge in [-0.2, -0.15) is 0 Å². The van der Waals surface area contributed by atoms with Gasteiger partial charge < -0.3 is 21.2 Å². The maximum atomic E-state index is 12.1. The van der Waals surface area contributed by atoms with Crippen molar-refractivity contribution < 1.29 is 14.4 Å². The number of anilines is 1. The first-order chi connectivity index (χ1) is 13.4. The predicted molar refractivity (Wildman–Crippen MR) is 109 cm³/mol. The van der Waals surface area contributed by atoms with Gasteiger partial charge >= 0.3 is 0 Å². The lowest BCUT2D eigenvalue weighted by molar-refractivity contribution is -0.126. The van der Waals surface area contributed by atoms with Gasteiger partial charge in [-0.1, -0.05) is 35.3 Å². The SMILES string of the molecule is CC(NC(=O)CO/N=C(/N)CC(=O)Nc1ccccc1Cl)C1CC2CCC1C2. The van der Waals surface area contributed by atoms with Crippen LogP contribution in [0.25, 0.3) is 0 Å². The number of halogens is 1.